The maximum Gasteiger partial charge on any atom is 0.118 e. The van der Waals surface area contributed by atoms with Gasteiger partial charge in [0, 0.05) is 0 Å². The molecule has 1 aromatic carbocycles. The summed E-state index contributed by atoms with van der Waals surface area (Å²) in [6.45, 7) is 2.27. The molecule has 2 aliphatic rings. The van der Waals surface area contributed by atoms with Crippen LogP contribution in [0.15, 0.2) is 36.4 Å². The van der Waals surface area contributed by atoms with E-state index in [0.717, 1.165) is 29.4 Å². The van der Waals surface area contributed by atoms with E-state index < -0.39 is 0 Å². The summed E-state index contributed by atoms with van der Waals surface area (Å²) in [6.07, 6.45) is 16.0. The van der Waals surface area contributed by atoms with Crippen LogP contribution in [0.4, 0.5) is 0 Å². The quantitative estimate of drug-likeness (QED) is 0.575. The number of rotatable bonds is 5. The molecular formula is C22H32O. The molecule has 1 heteroatoms. The zero-order valence-electron chi connectivity index (χ0n) is 14.8. The third kappa shape index (κ3) is 4.19. The Kier molecular flexibility index (Phi) is 5.80. The first-order chi connectivity index (χ1) is 11.3. The molecule has 3 rings (SSSR count). The topological polar surface area (TPSA) is 9.23 Å². The molecule has 4 atom stereocenters. The normalized spacial score (nSPS) is 31.0. The number of benzene rings is 1. The van der Waals surface area contributed by atoms with Crippen molar-refractivity contribution in [3.8, 4) is 5.75 Å². The second-order valence-electron chi connectivity index (χ2n) is 7.59. The highest BCUT2D eigenvalue weighted by Gasteiger charge is 2.35. The Morgan fingerprint density at radius 2 is 1.74 bits per heavy atom. The Balaban J connectivity index is 1.55. The second-order valence-corrected chi connectivity index (χ2v) is 7.59. The molecule has 0 aliphatic heterocycles. The van der Waals surface area contributed by atoms with Crippen molar-refractivity contribution < 1.29 is 4.74 Å². The fourth-order valence-electron chi connectivity index (χ4n) is 4.73. The molecule has 0 bridgehead atoms. The molecule has 0 spiro atoms. The molecule has 2 fully saturated rings. The van der Waals surface area contributed by atoms with Gasteiger partial charge in [0.05, 0.1) is 7.11 Å². The summed E-state index contributed by atoms with van der Waals surface area (Å²) in [5.74, 6) is 4.55. The largest absolute Gasteiger partial charge is 0.497 e. The van der Waals surface area contributed by atoms with Gasteiger partial charge in [-0.2, -0.15) is 0 Å². The summed E-state index contributed by atoms with van der Waals surface area (Å²) in [7, 11) is 1.74. The van der Waals surface area contributed by atoms with E-state index in [2.05, 4.69) is 43.3 Å². The van der Waals surface area contributed by atoms with Crippen molar-refractivity contribution in [2.75, 3.05) is 7.11 Å². The Morgan fingerprint density at radius 1 is 1.00 bits per heavy atom. The first kappa shape index (κ1) is 16.6. The predicted molar refractivity (Wildman–Crippen MR) is 98.0 cm³/mol. The van der Waals surface area contributed by atoms with Crippen molar-refractivity contribution in [1.29, 1.82) is 0 Å². The molecule has 1 nitrogen and oxygen atoms in total. The SMILES string of the molecule is CCCC=CC1CCC2CC(c3ccc(OC)cc3)CCC2C1. The van der Waals surface area contributed by atoms with Gasteiger partial charge in [-0.25, -0.2) is 0 Å². The maximum absolute atomic E-state index is 5.29. The van der Waals surface area contributed by atoms with E-state index in [0.29, 0.717) is 0 Å². The number of allylic oxidation sites excluding steroid dienone is 2. The molecular weight excluding hydrogens is 280 g/mol. The van der Waals surface area contributed by atoms with Gasteiger partial charge >= 0.3 is 0 Å². The fraction of sp³-hybridized carbons (Fsp3) is 0.636. The van der Waals surface area contributed by atoms with Crippen molar-refractivity contribution in [3.63, 3.8) is 0 Å². The van der Waals surface area contributed by atoms with Crippen LogP contribution < -0.4 is 4.74 Å². The minimum Gasteiger partial charge on any atom is -0.497 e. The molecule has 126 valence electrons. The number of hydrogen-bond donors (Lipinski definition) is 0. The number of methoxy groups -OCH3 is 1. The highest BCUT2D eigenvalue weighted by atomic mass is 16.5. The van der Waals surface area contributed by atoms with Crippen molar-refractivity contribution in [2.45, 2.75) is 64.2 Å². The van der Waals surface area contributed by atoms with Crippen molar-refractivity contribution in [3.05, 3.63) is 42.0 Å². The molecule has 0 N–H and O–H groups in total. The van der Waals surface area contributed by atoms with Crippen molar-refractivity contribution in [1.82, 2.24) is 0 Å². The van der Waals surface area contributed by atoms with Gasteiger partial charge in [0.15, 0.2) is 0 Å². The van der Waals surface area contributed by atoms with E-state index in [1.54, 1.807) is 7.11 Å². The van der Waals surface area contributed by atoms with Crippen molar-refractivity contribution in [2.24, 2.45) is 17.8 Å². The summed E-state index contributed by atoms with van der Waals surface area (Å²) >= 11 is 0. The van der Waals surface area contributed by atoms with E-state index in [1.165, 1.54) is 56.9 Å². The molecule has 0 heterocycles. The average Bonchev–Trinajstić information content (AvgIpc) is 2.61. The zero-order valence-corrected chi connectivity index (χ0v) is 14.8. The van der Waals surface area contributed by atoms with Crippen LogP contribution >= 0.6 is 0 Å². The minimum atomic E-state index is 0.773. The molecule has 2 aliphatic carbocycles. The Labute approximate surface area is 142 Å². The van der Waals surface area contributed by atoms with Gasteiger partial charge in [-0.3, -0.25) is 0 Å². The van der Waals surface area contributed by atoms with Crippen LogP contribution in [-0.2, 0) is 0 Å². The van der Waals surface area contributed by atoms with Crippen LogP contribution in [0.1, 0.15) is 69.8 Å². The van der Waals surface area contributed by atoms with Crippen LogP contribution in [-0.4, -0.2) is 7.11 Å². The van der Waals surface area contributed by atoms with Gasteiger partial charge in [-0.05, 0) is 86.3 Å². The van der Waals surface area contributed by atoms with E-state index >= 15 is 0 Å². The highest BCUT2D eigenvalue weighted by Crippen LogP contribution is 2.47. The highest BCUT2D eigenvalue weighted by molar-refractivity contribution is 5.29. The molecule has 0 radical (unpaired) electrons. The average molecular weight is 312 g/mol. The van der Waals surface area contributed by atoms with Crippen LogP contribution in [0.25, 0.3) is 0 Å². The number of fused-ring (bicyclic) bond motifs is 1. The number of hydrogen-bond acceptors (Lipinski definition) is 1. The van der Waals surface area contributed by atoms with Crippen molar-refractivity contribution >= 4 is 0 Å². The van der Waals surface area contributed by atoms with Crippen LogP contribution in [0.3, 0.4) is 0 Å². The standard InChI is InChI=1S/C22H32O/c1-3-4-5-6-17-7-8-21-16-20(10-9-19(21)15-17)18-11-13-22(23-2)14-12-18/h5-6,11-14,17,19-21H,3-4,7-10,15-16H2,1-2H3. The molecule has 23 heavy (non-hydrogen) atoms. The molecule has 0 aromatic heterocycles. The van der Waals surface area contributed by atoms with Crippen LogP contribution in [0.5, 0.6) is 5.75 Å². The Morgan fingerprint density at radius 3 is 2.48 bits per heavy atom. The Bertz CT molecular complexity index is 501. The molecule has 2 saturated carbocycles. The Hall–Kier alpha value is -1.24. The molecule has 4 unspecified atom stereocenters. The monoisotopic (exact) mass is 312 g/mol. The van der Waals surface area contributed by atoms with Gasteiger partial charge < -0.3 is 4.74 Å². The molecule has 1 aromatic rings. The van der Waals surface area contributed by atoms with Crippen LogP contribution in [0, 0.1) is 17.8 Å². The van der Waals surface area contributed by atoms with Gasteiger partial charge in [-0.1, -0.05) is 37.6 Å². The summed E-state index contributed by atoms with van der Waals surface area (Å²) in [4.78, 5) is 0. The second kappa shape index (κ2) is 8.04. The van der Waals surface area contributed by atoms with Gasteiger partial charge in [-0.15, -0.1) is 0 Å². The number of unbranched alkanes of at least 4 members (excludes halogenated alkanes) is 1. The van der Waals surface area contributed by atoms with E-state index in [-0.39, 0.29) is 0 Å². The lowest BCUT2D eigenvalue weighted by atomic mass is 9.64. The zero-order chi connectivity index (χ0) is 16.1. The lowest BCUT2D eigenvalue weighted by molar-refractivity contribution is 0.133. The summed E-state index contributed by atoms with van der Waals surface area (Å²) < 4.78 is 5.29. The molecule has 0 amide bonds. The first-order valence-electron chi connectivity index (χ1n) is 9.60. The van der Waals surface area contributed by atoms with Gasteiger partial charge in [0.1, 0.15) is 5.75 Å². The van der Waals surface area contributed by atoms with E-state index in [4.69, 9.17) is 4.74 Å². The predicted octanol–water partition coefficient (Wildman–Crippen LogP) is 6.35. The van der Waals surface area contributed by atoms with Gasteiger partial charge in [0.25, 0.3) is 0 Å². The first-order valence-corrected chi connectivity index (χ1v) is 9.60. The maximum atomic E-state index is 5.29. The van der Waals surface area contributed by atoms with Crippen LogP contribution in [0.2, 0.25) is 0 Å². The third-order valence-electron chi connectivity index (χ3n) is 6.10. The van der Waals surface area contributed by atoms with Gasteiger partial charge in [0.2, 0.25) is 0 Å². The minimum absolute atomic E-state index is 0.773. The smallest absolute Gasteiger partial charge is 0.118 e. The lowest BCUT2D eigenvalue weighted by Gasteiger charge is -2.41. The van der Waals surface area contributed by atoms with E-state index in [9.17, 15) is 0 Å². The number of ether oxygens (including phenoxy) is 1. The van der Waals surface area contributed by atoms with E-state index in [1.807, 2.05) is 0 Å². The summed E-state index contributed by atoms with van der Waals surface area (Å²) in [6, 6.07) is 8.81. The molecule has 0 saturated heterocycles. The fourth-order valence-corrected chi connectivity index (χ4v) is 4.73. The third-order valence-corrected chi connectivity index (χ3v) is 6.10. The lowest BCUT2D eigenvalue weighted by Crippen LogP contribution is -2.30. The summed E-state index contributed by atoms with van der Waals surface area (Å²) in [5.41, 5.74) is 1.52. The summed E-state index contributed by atoms with van der Waals surface area (Å²) in [5, 5.41) is 0.